The van der Waals surface area contributed by atoms with Gasteiger partial charge in [0.15, 0.2) is 11.5 Å². The maximum atomic E-state index is 12.3. The van der Waals surface area contributed by atoms with E-state index in [0.717, 1.165) is 11.1 Å². The van der Waals surface area contributed by atoms with E-state index < -0.39 is 5.97 Å². The minimum atomic E-state index is -0.519. The van der Waals surface area contributed by atoms with Crippen LogP contribution in [-0.4, -0.2) is 39.2 Å². The summed E-state index contributed by atoms with van der Waals surface area (Å²) in [6.07, 6.45) is 6.20. The molecule has 0 amide bonds. The molecule has 10 heteroatoms. The lowest BCUT2D eigenvalue weighted by molar-refractivity contribution is 0.0729. The van der Waals surface area contributed by atoms with Crippen LogP contribution < -0.4 is 9.47 Å². The molecule has 0 fully saturated rings. The van der Waals surface area contributed by atoms with Gasteiger partial charge in [0, 0.05) is 23.2 Å². The summed E-state index contributed by atoms with van der Waals surface area (Å²) >= 11 is 7.44. The van der Waals surface area contributed by atoms with Crippen molar-refractivity contribution in [2.45, 2.75) is 10.9 Å². The van der Waals surface area contributed by atoms with Crippen molar-refractivity contribution >= 4 is 35.5 Å². The molecule has 2 heterocycles. The number of benzene rings is 2. The van der Waals surface area contributed by atoms with Gasteiger partial charge in [-0.05, 0) is 53.6 Å². The van der Waals surface area contributed by atoms with Crippen LogP contribution in [0, 0.1) is 0 Å². The third-order valence-corrected chi connectivity index (χ3v) is 5.66. The molecule has 0 saturated carbocycles. The van der Waals surface area contributed by atoms with Crippen LogP contribution in [0.5, 0.6) is 11.5 Å². The van der Waals surface area contributed by atoms with Crippen LogP contribution in [0.25, 0.3) is 0 Å². The molecular formula is C23H18ClN5O3S. The number of rotatable bonds is 8. The van der Waals surface area contributed by atoms with Crippen LogP contribution in [0.4, 0.5) is 0 Å². The number of methoxy groups -OCH3 is 1. The van der Waals surface area contributed by atoms with Crippen molar-refractivity contribution < 1.29 is 14.3 Å². The monoisotopic (exact) mass is 479 g/mol. The highest BCUT2D eigenvalue weighted by Crippen LogP contribution is 2.28. The maximum absolute atomic E-state index is 12.3. The van der Waals surface area contributed by atoms with Crippen molar-refractivity contribution in [3.8, 4) is 11.5 Å². The molecule has 2 aromatic heterocycles. The van der Waals surface area contributed by atoms with E-state index in [4.69, 9.17) is 21.1 Å². The predicted octanol–water partition coefficient (Wildman–Crippen LogP) is 4.73. The predicted molar refractivity (Wildman–Crippen MR) is 126 cm³/mol. The Morgan fingerprint density at radius 2 is 2.03 bits per heavy atom. The highest BCUT2D eigenvalue weighted by atomic mass is 35.5. The van der Waals surface area contributed by atoms with Gasteiger partial charge in [-0.25, -0.2) is 4.79 Å². The van der Waals surface area contributed by atoms with Crippen LogP contribution in [-0.2, 0) is 5.75 Å². The molecule has 166 valence electrons. The third-order valence-electron chi connectivity index (χ3n) is 4.40. The molecule has 33 heavy (non-hydrogen) atoms. The molecule has 0 atom stereocenters. The zero-order valence-corrected chi connectivity index (χ0v) is 19.0. The van der Waals surface area contributed by atoms with Gasteiger partial charge in [-0.1, -0.05) is 35.5 Å². The Kier molecular flexibility index (Phi) is 7.33. The van der Waals surface area contributed by atoms with Crippen LogP contribution in [0.1, 0.15) is 21.5 Å². The van der Waals surface area contributed by atoms with Crippen molar-refractivity contribution in [3.63, 3.8) is 0 Å². The molecule has 0 N–H and O–H groups in total. The summed E-state index contributed by atoms with van der Waals surface area (Å²) in [4.78, 5) is 16.2. The second-order valence-corrected chi connectivity index (χ2v) is 8.04. The number of halogens is 1. The van der Waals surface area contributed by atoms with E-state index in [1.54, 1.807) is 47.4 Å². The van der Waals surface area contributed by atoms with Crippen molar-refractivity contribution in [1.29, 1.82) is 0 Å². The second kappa shape index (κ2) is 10.8. The fraction of sp³-hybridized carbons (Fsp3) is 0.0870. The van der Waals surface area contributed by atoms with Gasteiger partial charge in [0.2, 0.25) is 5.16 Å². The molecule has 0 radical (unpaired) electrons. The van der Waals surface area contributed by atoms with E-state index in [1.807, 2.05) is 24.3 Å². The Labute approximate surface area is 199 Å². The Morgan fingerprint density at radius 1 is 1.18 bits per heavy atom. The molecule has 0 aliphatic carbocycles. The minimum absolute atomic E-state index is 0.298. The number of hydrogen-bond acceptors (Lipinski definition) is 8. The lowest BCUT2D eigenvalue weighted by Crippen LogP contribution is -2.09. The van der Waals surface area contributed by atoms with E-state index >= 15 is 0 Å². The van der Waals surface area contributed by atoms with Crippen molar-refractivity contribution in [3.05, 3.63) is 95.0 Å². The van der Waals surface area contributed by atoms with Crippen LogP contribution in [0.15, 0.2) is 83.6 Å². The Hall–Kier alpha value is -3.69. The zero-order valence-electron chi connectivity index (χ0n) is 17.5. The smallest absolute Gasteiger partial charge is 0.345 e. The normalized spacial score (nSPS) is 11.0. The zero-order chi connectivity index (χ0) is 23.0. The van der Waals surface area contributed by atoms with E-state index in [1.165, 1.54) is 31.4 Å². The summed E-state index contributed by atoms with van der Waals surface area (Å²) in [6.45, 7) is 0. The molecule has 0 aliphatic heterocycles. The maximum Gasteiger partial charge on any atom is 0.345 e. The highest BCUT2D eigenvalue weighted by molar-refractivity contribution is 7.98. The van der Waals surface area contributed by atoms with Crippen LogP contribution >= 0.6 is 23.4 Å². The highest BCUT2D eigenvalue weighted by Gasteiger charge is 2.13. The second-order valence-electron chi connectivity index (χ2n) is 6.66. The summed E-state index contributed by atoms with van der Waals surface area (Å²) in [5.74, 6) is 0.884. The Balaban J connectivity index is 1.44. The first kappa shape index (κ1) is 22.5. The SMILES string of the molecule is COc1cc(/C=N/n2cnnc2SCc2ccc(Cl)cc2)ccc1OC(=O)c1cccnc1. The Bertz CT molecular complexity index is 1260. The number of thioether (sulfide) groups is 1. The number of esters is 1. The van der Waals surface area contributed by atoms with Gasteiger partial charge >= 0.3 is 5.97 Å². The van der Waals surface area contributed by atoms with Gasteiger partial charge in [0.05, 0.1) is 18.9 Å². The molecule has 4 rings (SSSR count). The number of carbonyl (C=O) groups excluding carboxylic acids is 1. The van der Waals surface area contributed by atoms with Crippen molar-refractivity contribution in [1.82, 2.24) is 19.9 Å². The molecule has 0 unspecified atom stereocenters. The summed E-state index contributed by atoms with van der Waals surface area (Å²) in [5, 5.41) is 13.8. The molecule has 8 nitrogen and oxygen atoms in total. The first-order valence-corrected chi connectivity index (χ1v) is 11.1. The lowest BCUT2D eigenvalue weighted by Gasteiger charge is -2.09. The van der Waals surface area contributed by atoms with E-state index in [0.29, 0.717) is 33.0 Å². The van der Waals surface area contributed by atoms with E-state index in [-0.39, 0.29) is 0 Å². The number of ether oxygens (including phenoxy) is 2. The average Bonchev–Trinajstić information content (AvgIpc) is 3.31. The molecule has 0 aliphatic rings. The Morgan fingerprint density at radius 3 is 2.79 bits per heavy atom. The first-order chi connectivity index (χ1) is 16.1. The topological polar surface area (TPSA) is 91.5 Å². The van der Waals surface area contributed by atoms with Crippen molar-refractivity contribution in [2.24, 2.45) is 5.10 Å². The van der Waals surface area contributed by atoms with E-state index in [2.05, 4.69) is 20.3 Å². The standard InChI is InChI=1S/C23H18ClN5O3S/c1-31-21-11-17(6-9-20(21)32-22(30)18-3-2-10-25-13-18)12-27-29-15-26-28-23(29)33-14-16-4-7-19(24)8-5-16/h2-13,15H,14H2,1H3/b27-12+. The summed E-state index contributed by atoms with van der Waals surface area (Å²) in [7, 11) is 1.50. The number of hydrogen-bond donors (Lipinski definition) is 0. The summed E-state index contributed by atoms with van der Waals surface area (Å²) in [5.41, 5.74) is 2.21. The first-order valence-electron chi connectivity index (χ1n) is 9.74. The van der Waals surface area contributed by atoms with Gasteiger partial charge in [-0.15, -0.1) is 10.2 Å². The summed E-state index contributed by atoms with van der Waals surface area (Å²) in [6, 6.07) is 16.1. The molecule has 0 saturated heterocycles. The average molecular weight is 480 g/mol. The summed E-state index contributed by atoms with van der Waals surface area (Å²) < 4.78 is 12.4. The number of pyridine rings is 1. The molecule has 4 aromatic rings. The largest absolute Gasteiger partial charge is 0.493 e. The lowest BCUT2D eigenvalue weighted by atomic mass is 10.2. The van der Waals surface area contributed by atoms with E-state index in [9.17, 15) is 4.79 Å². The fourth-order valence-corrected chi connectivity index (χ4v) is 3.69. The van der Waals surface area contributed by atoms with Gasteiger partial charge in [0.1, 0.15) is 6.33 Å². The third kappa shape index (κ3) is 5.97. The molecule has 2 aromatic carbocycles. The molecular weight excluding hydrogens is 462 g/mol. The van der Waals surface area contributed by atoms with Crippen LogP contribution in [0.2, 0.25) is 5.02 Å². The number of nitrogens with zero attached hydrogens (tertiary/aromatic N) is 5. The van der Waals surface area contributed by atoms with Gasteiger partial charge < -0.3 is 9.47 Å². The number of carbonyl (C=O) groups is 1. The van der Waals surface area contributed by atoms with Crippen molar-refractivity contribution in [2.75, 3.05) is 7.11 Å². The van der Waals surface area contributed by atoms with Gasteiger partial charge in [0.25, 0.3) is 0 Å². The molecule has 0 spiro atoms. The van der Waals surface area contributed by atoms with Crippen LogP contribution in [0.3, 0.4) is 0 Å². The quantitative estimate of drug-likeness (QED) is 0.156. The number of aromatic nitrogens is 4. The molecule has 0 bridgehead atoms. The van der Waals surface area contributed by atoms with Gasteiger partial charge in [-0.3, -0.25) is 4.98 Å². The van der Waals surface area contributed by atoms with Gasteiger partial charge in [-0.2, -0.15) is 9.78 Å². The fourth-order valence-electron chi connectivity index (χ4n) is 2.74. The minimum Gasteiger partial charge on any atom is -0.493 e.